The number of anilines is 1. The first-order chi connectivity index (χ1) is 13.0. The third-order valence-corrected chi connectivity index (χ3v) is 5.40. The molecule has 0 bridgehead atoms. The highest BCUT2D eigenvalue weighted by Gasteiger charge is 2.32. The fourth-order valence-corrected chi connectivity index (χ4v) is 3.99. The highest BCUT2D eigenvalue weighted by atomic mass is 32.2. The summed E-state index contributed by atoms with van der Waals surface area (Å²) < 4.78 is 6.98. The minimum Gasteiger partial charge on any atom is -0.383 e. The van der Waals surface area contributed by atoms with Gasteiger partial charge in [0.05, 0.1) is 23.6 Å². The number of hydrogen-bond donors (Lipinski definition) is 1. The van der Waals surface area contributed by atoms with Gasteiger partial charge in [0.25, 0.3) is 11.5 Å². The van der Waals surface area contributed by atoms with Crippen LogP contribution in [0.25, 0.3) is 11.7 Å². The molecule has 0 unspecified atom stereocenters. The van der Waals surface area contributed by atoms with Crippen LogP contribution in [0, 0.1) is 6.92 Å². The quantitative estimate of drug-likeness (QED) is 0.585. The summed E-state index contributed by atoms with van der Waals surface area (Å²) in [6.07, 6.45) is 3.32. The third-order valence-electron chi connectivity index (χ3n) is 4.02. The first kappa shape index (κ1) is 19.5. The molecule has 7 nitrogen and oxygen atoms in total. The standard InChI is InChI=1S/C18H20N4O3S2/c1-4-19-15-12(16(23)22-10-11(2)5-6-14(22)20-15)9-13-17(24)21(7-8-25-3)18(26)27-13/h5-6,9-10,19H,4,7-8H2,1-3H3/b13-9+. The first-order valence-corrected chi connectivity index (χ1v) is 9.70. The lowest BCUT2D eigenvalue weighted by Crippen LogP contribution is -2.31. The first-order valence-electron chi connectivity index (χ1n) is 8.47. The zero-order valence-electron chi connectivity index (χ0n) is 15.3. The summed E-state index contributed by atoms with van der Waals surface area (Å²) in [5.74, 6) is 0.228. The molecule has 1 aliphatic rings. The van der Waals surface area contributed by atoms with Crippen LogP contribution in [0.3, 0.4) is 0 Å². The van der Waals surface area contributed by atoms with Crippen molar-refractivity contribution in [2.75, 3.05) is 32.1 Å². The molecule has 0 atom stereocenters. The summed E-state index contributed by atoms with van der Waals surface area (Å²) >= 11 is 6.47. The van der Waals surface area contributed by atoms with Crippen molar-refractivity contribution in [3.05, 3.63) is 44.7 Å². The van der Waals surface area contributed by atoms with E-state index in [-0.39, 0.29) is 11.5 Å². The van der Waals surface area contributed by atoms with E-state index >= 15 is 0 Å². The van der Waals surface area contributed by atoms with Crippen LogP contribution < -0.4 is 10.9 Å². The topological polar surface area (TPSA) is 75.9 Å². The van der Waals surface area contributed by atoms with Crippen molar-refractivity contribution >= 4 is 51.7 Å². The van der Waals surface area contributed by atoms with Crippen molar-refractivity contribution in [3.8, 4) is 0 Å². The molecule has 0 aromatic carbocycles. The molecule has 9 heteroatoms. The summed E-state index contributed by atoms with van der Waals surface area (Å²) in [4.78, 5) is 32.2. The highest BCUT2D eigenvalue weighted by Crippen LogP contribution is 2.32. The number of thioether (sulfide) groups is 1. The van der Waals surface area contributed by atoms with E-state index in [0.29, 0.717) is 46.0 Å². The van der Waals surface area contributed by atoms with Gasteiger partial charge in [0, 0.05) is 19.9 Å². The molecule has 1 N–H and O–H groups in total. The summed E-state index contributed by atoms with van der Waals surface area (Å²) in [6.45, 7) is 5.20. The SMILES string of the molecule is CCNc1nc2ccc(C)cn2c(=O)c1/C=C1/SC(=S)N(CCOC)C1=O. The van der Waals surface area contributed by atoms with Gasteiger partial charge in [0.1, 0.15) is 15.8 Å². The normalized spacial score (nSPS) is 16.0. The molecular weight excluding hydrogens is 384 g/mol. The van der Waals surface area contributed by atoms with Gasteiger partial charge in [-0.2, -0.15) is 0 Å². The van der Waals surface area contributed by atoms with E-state index in [1.165, 1.54) is 21.1 Å². The Labute approximate surface area is 166 Å². The number of fused-ring (bicyclic) bond motifs is 1. The molecule has 1 amide bonds. The fourth-order valence-electron chi connectivity index (χ4n) is 2.70. The van der Waals surface area contributed by atoms with Crippen LogP contribution in [0.1, 0.15) is 18.1 Å². The summed E-state index contributed by atoms with van der Waals surface area (Å²) in [7, 11) is 1.57. The van der Waals surface area contributed by atoms with Crippen molar-refractivity contribution in [2.24, 2.45) is 0 Å². The number of aromatic nitrogens is 2. The fraction of sp³-hybridized carbons (Fsp3) is 0.333. The van der Waals surface area contributed by atoms with Crippen LogP contribution in [-0.2, 0) is 9.53 Å². The van der Waals surface area contributed by atoms with Gasteiger partial charge in [-0.05, 0) is 31.6 Å². The predicted molar refractivity (Wildman–Crippen MR) is 112 cm³/mol. The molecule has 0 saturated carbocycles. The van der Waals surface area contributed by atoms with Crippen LogP contribution in [0.4, 0.5) is 5.82 Å². The maximum Gasteiger partial charge on any atom is 0.267 e. The minimum atomic E-state index is -0.234. The lowest BCUT2D eigenvalue weighted by Gasteiger charge is -2.13. The number of nitrogens with one attached hydrogen (secondary N) is 1. The van der Waals surface area contributed by atoms with Gasteiger partial charge in [-0.3, -0.25) is 18.9 Å². The van der Waals surface area contributed by atoms with E-state index in [0.717, 1.165) is 5.56 Å². The summed E-state index contributed by atoms with van der Waals surface area (Å²) in [5.41, 5.74) is 1.60. The van der Waals surface area contributed by atoms with Gasteiger partial charge in [-0.25, -0.2) is 4.98 Å². The second-order valence-electron chi connectivity index (χ2n) is 5.97. The van der Waals surface area contributed by atoms with Crippen LogP contribution in [0.15, 0.2) is 28.0 Å². The molecule has 2 aromatic heterocycles. The molecule has 142 valence electrons. The van der Waals surface area contributed by atoms with E-state index in [1.807, 2.05) is 19.9 Å². The van der Waals surface area contributed by atoms with E-state index in [9.17, 15) is 9.59 Å². The van der Waals surface area contributed by atoms with E-state index < -0.39 is 0 Å². The monoisotopic (exact) mass is 404 g/mol. The molecule has 0 spiro atoms. The Morgan fingerprint density at radius 3 is 2.85 bits per heavy atom. The average Bonchev–Trinajstić information content (AvgIpc) is 2.90. The zero-order valence-corrected chi connectivity index (χ0v) is 16.9. The molecule has 27 heavy (non-hydrogen) atoms. The Hall–Kier alpha value is -2.23. The van der Waals surface area contributed by atoms with Gasteiger partial charge in [0.15, 0.2) is 0 Å². The number of nitrogens with zero attached hydrogens (tertiary/aromatic N) is 3. The van der Waals surface area contributed by atoms with E-state index in [1.54, 1.807) is 25.4 Å². The average molecular weight is 405 g/mol. The van der Waals surface area contributed by atoms with Gasteiger partial charge >= 0.3 is 0 Å². The number of carbonyl (C=O) groups excluding carboxylic acids is 1. The van der Waals surface area contributed by atoms with Gasteiger partial charge in [-0.1, -0.05) is 30.0 Å². The Balaban J connectivity index is 2.10. The molecule has 0 radical (unpaired) electrons. The number of pyridine rings is 1. The maximum absolute atomic E-state index is 13.1. The predicted octanol–water partition coefficient (Wildman–Crippen LogP) is 2.28. The number of thiocarbonyl (C=S) groups is 1. The largest absolute Gasteiger partial charge is 0.383 e. The second kappa shape index (κ2) is 8.20. The maximum atomic E-state index is 13.1. The molecule has 3 heterocycles. The Morgan fingerprint density at radius 1 is 1.37 bits per heavy atom. The number of amides is 1. The summed E-state index contributed by atoms with van der Waals surface area (Å²) in [5, 5.41) is 3.11. The van der Waals surface area contributed by atoms with Crippen molar-refractivity contribution < 1.29 is 9.53 Å². The Bertz CT molecular complexity index is 1000. The number of ether oxygens (including phenoxy) is 1. The van der Waals surface area contributed by atoms with E-state index in [4.69, 9.17) is 17.0 Å². The summed E-state index contributed by atoms with van der Waals surface area (Å²) in [6, 6.07) is 3.70. The van der Waals surface area contributed by atoms with Crippen LogP contribution in [0.5, 0.6) is 0 Å². The van der Waals surface area contributed by atoms with Gasteiger partial charge < -0.3 is 10.1 Å². The molecule has 3 rings (SSSR count). The molecular formula is C18H20N4O3S2. The second-order valence-corrected chi connectivity index (χ2v) is 7.65. The number of aryl methyl sites for hydroxylation is 1. The van der Waals surface area contributed by atoms with Gasteiger partial charge in [-0.15, -0.1) is 0 Å². The number of rotatable bonds is 6. The van der Waals surface area contributed by atoms with Crippen molar-refractivity contribution in [2.45, 2.75) is 13.8 Å². The van der Waals surface area contributed by atoms with Crippen molar-refractivity contribution in [1.82, 2.24) is 14.3 Å². The Morgan fingerprint density at radius 2 is 2.15 bits per heavy atom. The van der Waals surface area contributed by atoms with Crippen molar-refractivity contribution in [3.63, 3.8) is 0 Å². The van der Waals surface area contributed by atoms with E-state index in [2.05, 4.69) is 10.3 Å². The lowest BCUT2D eigenvalue weighted by molar-refractivity contribution is -0.122. The zero-order chi connectivity index (χ0) is 19.6. The Kier molecular flexibility index (Phi) is 5.93. The lowest BCUT2D eigenvalue weighted by atomic mass is 10.2. The molecule has 2 aromatic rings. The minimum absolute atomic E-state index is 0.224. The molecule has 1 aliphatic heterocycles. The smallest absolute Gasteiger partial charge is 0.267 e. The van der Waals surface area contributed by atoms with Crippen LogP contribution in [0.2, 0.25) is 0 Å². The van der Waals surface area contributed by atoms with Crippen LogP contribution >= 0.6 is 24.0 Å². The number of carbonyl (C=O) groups is 1. The highest BCUT2D eigenvalue weighted by molar-refractivity contribution is 8.26. The molecule has 1 fully saturated rings. The third kappa shape index (κ3) is 3.90. The van der Waals surface area contributed by atoms with Gasteiger partial charge in [0.2, 0.25) is 0 Å². The number of hydrogen-bond acceptors (Lipinski definition) is 7. The molecule has 1 saturated heterocycles. The molecule has 0 aliphatic carbocycles. The van der Waals surface area contributed by atoms with Crippen molar-refractivity contribution in [1.29, 1.82) is 0 Å². The number of methoxy groups -OCH3 is 1. The van der Waals surface area contributed by atoms with Crippen LogP contribution in [-0.4, -0.2) is 51.3 Å².